The van der Waals surface area contributed by atoms with Crippen LogP contribution in [0.25, 0.3) is 0 Å². The van der Waals surface area contributed by atoms with E-state index in [9.17, 15) is 9.90 Å². The molecule has 196 valence electrons. The van der Waals surface area contributed by atoms with Gasteiger partial charge >= 0.3 is 5.97 Å². The number of aliphatic hydroxyl groups excluding tert-OH is 1. The fourth-order valence-electron chi connectivity index (χ4n) is 3.69. The monoisotopic (exact) mass is 486 g/mol. The molecule has 1 aromatic carbocycles. The van der Waals surface area contributed by atoms with Gasteiger partial charge in [0.15, 0.2) is 0 Å². The molecule has 0 aliphatic rings. The van der Waals surface area contributed by atoms with Crippen molar-refractivity contribution in [3.8, 4) is 0 Å². The van der Waals surface area contributed by atoms with Crippen LogP contribution >= 0.6 is 0 Å². The molecule has 0 fully saturated rings. The number of ether oxygens (including phenoxy) is 7. The van der Waals surface area contributed by atoms with E-state index in [1.807, 2.05) is 44.2 Å². The van der Waals surface area contributed by atoms with Crippen molar-refractivity contribution in [2.24, 2.45) is 11.8 Å². The van der Waals surface area contributed by atoms with Crippen LogP contribution in [0.15, 0.2) is 30.3 Å². The molecule has 1 N–H and O–H groups in total. The number of benzene rings is 1. The number of hydrogen-bond acceptors (Lipinski definition) is 9. The second-order valence-corrected chi connectivity index (χ2v) is 8.40. The van der Waals surface area contributed by atoms with Gasteiger partial charge in [-0.25, -0.2) is 0 Å². The third-order valence-electron chi connectivity index (χ3n) is 5.55. The number of aliphatic hydroxyl groups is 1. The lowest BCUT2D eigenvalue weighted by atomic mass is 9.86. The van der Waals surface area contributed by atoms with Gasteiger partial charge in [0, 0.05) is 33.7 Å². The van der Waals surface area contributed by atoms with E-state index in [-0.39, 0.29) is 45.0 Å². The molecule has 0 spiro atoms. The molecule has 0 saturated heterocycles. The lowest BCUT2D eigenvalue weighted by molar-refractivity contribution is -0.176. The molecule has 1 rings (SSSR count). The van der Waals surface area contributed by atoms with Crippen molar-refractivity contribution in [2.45, 2.75) is 64.6 Å². The van der Waals surface area contributed by atoms with E-state index in [2.05, 4.69) is 0 Å². The Labute approximate surface area is 203 Å². The average molecular weight is 487 g/mol. The van der Waals surface area contributed by atoms with Crippen LogP contribution in [0.4, 0.5) is 0 Å². The zero-order valence-electron chi connectivity index (χ0n) is 21.3. The van der Waals surface area contributed by atoms with Crippen LogP contribution in [0.5, 0.6) is 0 Å². The maximum atomic E-state index is 12.8. The first kappa shape index (κ1) is 30.4. The largest absolute Gasteiger partial charge is 0.461 e. The molecule has 6 atom stereocenters. The van der Waals surface area contributed by atoms with Crippen LogP contribution in [0.2, 0.25) is 0 Å². The summed E-state index contributed by atoms with van der Waals surface area (Å²) in [6, 6.07) is 9.48. The molecular formula is C25H42O9. The topological polar surface area (TPSA) is 102 Å². The zero-order chi connectivity index (χ0) is 25.3. The van der Waals surface area contributed by atoms with E-state index in [1.165, 1.54) is 14.2 Å². The summed E-state index contributed by atoms with van der Waals surface area (Å²) >= 11 is 0. The smallest absolute Gasteiger partial charge is 0.311 e. The summed E-state index contributed by atoms with van der Waals surface area (Å²) in [6.07, 6.45) is -1.19. The van der Waals surface area contributed by atoms with Crippen LogP contribution in [0.3, 0.4) is 0 Å². The van der Waals surface area contributed by atoms with E-state index in [1.54, 1.807) is 14.0 Å². The van der Waals surface area contributed by atoms with E-state index in [0.29, 0.717) is 12.8 Å². The van der Waals surface area contributed by atoms with E-state index in [0.717, 1.165) is 5.56 Å². The van der Waals surface area contributed by atoms with Crippen molar-refractivity contribution in [1.29, 1.82) is 0 Å². The molecule has 0 bridgehead atoms. The van der Waals surface area contributed by atoms with Gasteiger partial charge in [-0.15, -0.1) is 0 Å². The predicted octanol–water partition coefficient (Wildman–Crippen LogP) is 3.13. The van der Waals surface area contributed by atoms with E-state index < -0.39 is 24.2 Å². The SMILES string of the molecule is COCO[C@@H]([C@@H](C)[C@H](C[C@@H](O)C[C@@H](C)OCOC)OCOC)[C@H](C)C(=O)OCc1ccccc1. The fraction of sp³-hybridized carbons (Fsp3) is 0.720. The van der Waals surface area contributed by atoms with Gasteiger partial charge in [-0.05, 0) is 25.8 Å². The Kier molecular flexibility index (Phi) is 15.9. The molecular weight excluding hydrogens is 444 g/mol. The summed E-state index contributed by atoms with van der Waals surface area (Å²) in [7, 11) is 4.59. The Morgan fingerprint density at radius 3 is 2.06 bits per heavy atom. The summed E-state index contributed by atoms with van der Waals surface area (Å²) in [5.41, 5.74) is 0.902. The molecule has 0 heterocycles. The fourth-order valence-corrected chi connectivity index (χ4v) is 3.69. The molecule has 9 nitrogen and oxygen atoms in total. The van der Waals surface area contributed by atoms with Crippen molar-refractivity contribution in [3.63, 3.8) is 0 Å². The minimum absolute atomic E-state index is 0.00670. The third-order valence-corrected chi connectivity index (χ3v) is 5.55. The molecule has 0 aliphatic heterocycles. The molecule has 0 amide bonds. The van der Waals surface area contributed by atoms with Gasteiger partial charge in [0.05, 0.1) is 30.3 Å². The Morgan fingerprint density at radius 1 is 0.853 bits per heavy atom. The highest BCUT2D eigenvalue weighted by molar-refractivity contribution is 5.72. The minimum Gasteiger partial charge on any atom is -0.461 e. The lowest BCUT2D eigenvalue weighted by Crippen LogP contribution is -2.43. The molecule has 9 heteroatoms. The first-order valence-corrected chi connectivity index (χ1v) is 11.5. The highest BCUT2D eigenvalue weighted by Gasteiger charge is 2.36. The number of carbonyl (C=O) groups is 1. The minimum atomic E-state index is -0.695. The van der Waals surface area contributed by atoms with Crippen LogP contribution in [-0.2, 0) is 44.6 Å². The zero-order valence-corrected chi connectivity index (χ0v) is 21.3. The summed E-state index contributed by atoms with van der Waals surface area (Å²) in [4.78, 5) is 12.8. The van der Waals surface area contributed by atoms with Gasteiger partial charge in [0.25, 0.3) is 0 Å². The normalized spacial score (nSPS) is 16.9. The number of esters is 1. The van der Waals surface area contributed by atoms with Gasteiger partial charge in [0.2, 0.25) is 0 Å². The number of hydrogen-bond donors (Lipinski definition) is 1. The average Bonchev–Trinajstić information content (AvgIpc) is 2.84. The van der Waals surface area contributed by atoms with Crippen molar-refractivity contribution in [1.82, 2.24) is 0 Å². The Balaban J connectivity index is 2.85. The molecule has 0 aliphatic carbocycles. The summed E-state index contributed by atoms with van der Waals surface area (Å²) in [6.45, 7) is 5.92. The van der Waals surface area contributed by atoms with Crippen LogP contribution < -0.4 is 0 Å². The van der Waals surface area contributed by atoms with Crippen molar-refractivity contribution < 1.29 is 43.1 Å². The van der Waals surface area contributed by atoms with Gasteiger partial charge < -0.3 is 38.3 Å². The van der Waals surface area contributed by atoms with Crippen molar-refractivity contribution >= 4 is 5.97 Å². The van der Waals surface area contributed by atoms with Crippen molar-refractivity contribution in [3.05, 3.63) is 35.9 Å². The molecule has 1 aromatic rings. The molecule has 34 heavy (non-hydrogen) atoms. The summed E-state index contributed by atoms with van der Waals surface area (Å²) in [5.74, 6) is -1.26. The molecule has 0 unspecified atom stereocenters. The highest BCUT2D eigenvalue weighted by atomic mass is 16.7. The maximum Gasteiger partial charge on any atom is 0.311 e. The highest BCUT2D eigenvalue weighted by Crippen LogP contribution is 2.27. The second-order valence-electron chi connectivity index (χ2n) is 8.40. The van der Waals surface area contributed by atoms with E-state index in [4.69, 9.17) is 33.2 Å². The number of rotatable bonds is 19. The predicted molar refractivity (Wildman–Crippen MR) is 126 cm³/mol. The van der Waals surface area contributed by atoms with Crippen molar-refractivity contribution in [2.75, 3.05) is 41.7 Å². The van der Waals surface area contributed by atoms with Gasteiger partial charge in [0.1, 0.15) is 27.0 Å². The second kappa shape index (κ2) is 17.8. The molecule has 0 aromatic heterocycles. The first-order chi connectivity index (χ1) is 16.3. The Morgan fingerprint density at radius 2 is 1.44 bits per heavy atom. The standard InChI is InChI=1S/C25H42O9/c1-18(32-15-28-4)12-22(26)13-23(33-16-29-5)19(2)24(34-17-30-6)20(3)25(27)31-14-21-10-8-7-9-11-21/h7-11,18-20,22-24,26H,12-17H2,1-6H3/t18-,19+,20+,22+,23+,24+/m1/s1. The summed E-state index contributed by atoms with van der Waals surface area (Å²) in [5, 5.41) is 10.7. The Hall–Kier alpha value is -1.59. The maximum absolute atomic E-state index is 12.8. The van der Waals surface area contributed by atoms with Crippen LogP contribution in [0, 0.1) is 11.8 Å². The quantitative estimate of drug-likeness (QED) is 0.233. The Bertz CT molecular complexity index is 643. The lowest BCUT2D eigenvalue weighted by Gasteiger charge is -2.34. The van der Waals surface area contributed by atoms with Gasteiger partial charge in [-0.2, -0.15) is 0 Å². The molecule has 0 saturated carbocycles. The number of methoxy groups -OCH3 is 3. The summed E-state index contributed by atoms with van der Waals surface area (Å²) < 4.78 is 37.9. The van der Waals surface area contributed by atoms with Crippen LogP contribution in [-0.4, -0.2) is 77.2 Å². The molecule has 0 radical (unpaired) electrons. The van der Waals surface area contributed by atoms with E-state index >= 15 is 0 Å². The van der Waals surface area contributed by atoms with Gasteiger partial charge in [-0.3, -0.25) is 4.79 Å². The van der Waals surface area contributed by atoms with Gasteiger partial charge in [-0.1, -0.05) is 37.3 Å². The third kappa shape index (κ3) is 11.7. The number of carbonyl (C=O) groups excluding carboxylic acids is 1. The van der Waals surface area contributed by atoms with Crippen LogP contribution in [0.1, 0.15) is 39.2 Å². The first-order valence-electron chi connectivity index (χ1n) is 11.5.